The van der Waals surface area contributed by atoms with Crippen LogP contribution in [0.1, 0.15) is 161 Å². The predicted molar refractivity (Wildman–Crippen MR) is 220 cm³/mol. The molecule has 3 aromatic rings. The monoisotopic (exact) mass is 795 g/mol. The molecule has 0 spiro atoms. The average molecular weight is 796 g/mol. The maximum Gasteiger partial charge on any atom is 3.00 e. The molecule has 55 heavy (non-hydrogen) atoms. The number of carbonyl (C=O) groups is 1. The minimum atomic E-state index is -1.02. The second-order valence-electron chi connectivity index (χ2n) is 19.2. The van der Waals surface area contributed by atoms with Crippen molar-refractivity contribution in [1.82, 2.24) is 5.32 Å². The second kappa shape index (κ2) is 19.6. The summed E-state index contributed by atoms with van der Waals surface area (Å²) >= 11 is 0. The zero-order chi connectivity index (χ0) is 40.6. The molecule has 0 radical (unpaired) electrons. The number of carboxylic acids is 1. The van der Waals surface area contributed by atoms with Crippen molar-refractivity contribution in [3.05, 3.63) is 93.5 Å². The summed E-state index contributed by atoms with van der Waals surface area (Å²) in [7, 11) is 0. The topological polar surface area (TPSA) is 123 Å². The van der Waals surface area contributed by atoms with Crippen molar-refractivity contribution in [2.24, 2.45) is 9.98 Å². The molecule has 1 fully saturated rings. The number of aliphatic imine (C=N–C) groups is 2. The molecule has 7 nitrogen and oxygen atoms in total. The van der Waals surface area contributed by atoms with Gasteiger partial charge >= 0.3 is 16.8 Å². The van der Waals surface area contributed by atoms with Crippen molar-refractivity contribution in [2.75, 3.05) is 0 Å². The van der Waals surface area contributed by atoms with E-state index in [0.717, 1.165) is 53.5 Å². The van der Waals surface area contributed by atoms with Gasteiger partial charge in [0.15, 0.2) is 0 Å². The minimum absolute atomic E-state index is 0. The van der Waals surface area contributed by atoms with Crippen molar-refractivity contribution in [3.63, 3.8) is 0 Å². The first-order chi connectivity index (χ1) is 24.9. The van der Waals surface area contributed by atoms with Crippen molar-refractivity contribution in [3.8, 4) is 11.5 Å². The van der Waals surface area contributed by atoms with Crippen LogP contribution in [0.25, 0.3) is 0 Å². The smallest absolute Gasteiger partial charge is 0.872 e. The number of carboxylic acid groups (broad SMARTS) is 1. The Morgan fingerprint density at radius 2 is 1.11 bits per heavy atom. The van der Waals surface area contributed by atoms with Gasteiger partial charge in [0.2, 0.25) is 0 Å². The van der Waals surface area contributed by atoms with Crippen LogP contribution in [0, 0.1) is 0 Å². The van der Waals surface area contributed by atoms with Gasteiger partial charge in [0.1, 0.15) is 0 Å². The number of rotatable bonds is 9. The van der Waals surface area contributed by atoms with E-state index in [2.05, 4.69) is 101 Å². The van der Waals surface area contributed by atoms with Crippen LogP contribution in [0.2, 0.25) is 0 Å². The van der Waals surface area contributed by atoms with Crippen LogP contribution in [0.3, 0.4) is 0 Å². The van der Waals surface area contributed by atoms with Gasteiger partial charge in [-0.3, -0.25) is 9.98 Å². The number of hydrogen-bond donors (Lipinski definition) is 1. The molecule has 3 aromatic carbocycles. The van der Waals surface area contributed by atoms with Crippen LogP contribution in [0.15, 0.2) is 64.6 Å². The molecular weight excluding hydrogens is 729 g/mol. The van der Waals surface area contributed by atoms with E-state index in [9.17, 15) is 20.1 Å². The number of benzene rings is 3. The number of carbonyl (C=O) groups excluding carboxylic acids is 1. The van der Waals surface area contributed by atoms with Gasteiger partial charge in [0.25, 0.3) is 0 Å². The third kappa shape index (κ3) is 14.5. The van der Waals surface area contributed by atoms with Crippen molar-refractivity contribution in [2.45, 2.75) is 168 Å². The molecule has 1 N–H and O–H groups in total. The fourth-order valence-corrected chi connectivity index (χ4v) is 6.48. The maximum absolute atomic E-state index is 13.5. The molecule has 0 bridgehead atoms. The number of nitrogens with one attached hydrogen (secondary N) is 1. The van der Waals surface area contributed by atoms with Gasteiger partial charge in [-0.05, 0) is 80.4 Å². The Hall–Kier alpha value is -3.46. The first-order valence-corrected chi connectivity index (χ1v) is 19.6. The molecule has 8 heteroatoms. The van der Waals surface area contributed by atoms with Gasteiger partial charge in [-0.1, -0.05) is 162 Å². The zero-order valence-electron chi connectivity index (χ0n) is 35.7. The molecule has 0 amide bonds. The maximum atomic E-state index is 13.5. The molecule has 302 valence electrons. The molecule has 0 aliphatic heterocycles. The molecule has 4 rings (SSSR count). The molecule has 1 saturated carbocycles. The van der Waals surface area contributed by atoms with Gasteiger partial charge in [-0.15, -0.1) is 0 Å². The quantitative estimate of drug-likeness (QED) is 0.219. The standard InChI is InChI=1S/C36H54N2O2.C11H15NO2.Co/c1-33(2,3)25-17-23(31(39)27(19-25)35(7,8)9)21-37-29-15-13-14-16-30(29)38-22-24-18-26(34(4,5)6)20-28(32(24)40)36(10,11)12;1-9(7-11(13)14)12-8-10-5-3-2-4-6-10;/h17-22,29-30,39-40H,13-16H2,1-12H3;2-6,9,12H,7-8H2,1H3,(H,13,14);/q;;+3/p-3/t29-,30-;9-;/m10./s1. The Morgan fingerprint density at radius 1 is 0.709 bits per heavy atom. The summed E-state index contributed by atoms with van der Waals surface area (Å²) in [6, 6.07) is 18.0. The van der Waals surface area contributed by atoms with Crippen LogP contribution in [0.4, 0.5) is 0 Å². The van der Waals surface area contributed by atoms with Crippen LogP contribution in [0.5, 0.6) is 11.5 Å². The molecule has 0 aromatic heterocycles. The summed E-state index contributed by atoms with van der Waals surface area (Å²) in [6.07, 6.45) is 7.67. The third-order valence-corrected chi connectivity index (χ3v) is 10.1. The molecule has 3 atom stereocenters. The van der Waals surface area contributed by atoms with Gasteiger partial charge in [-0.25, -0.2) is 0 Å². The van der Waals surface area contributed by atoms with Crippen LogP contribution in [-0.2, 0) is 49.8 Å². The summed E-state index contributed by atoms with van der Waals surface area (Å²) in [5, 5.41) is 40.3. The van der Waals surface area contributed by atoms with E-state index in [-0.39, 0.29) is 74.5 Å². The predicted octanol–water partition coefficient (Wildman–Crippen LogP) is 8.18. The fourth-order valence-electron chi connectivity index (χ4n) is 6.48. The van der Waals surface area contributed by atoms with Crippen LogP contribution >= 0.6 is 0 Å². The Balaban J connectivity index is 0.000000586. The van der Waals surface area contributed by atoms with Crippen molar-refractivity contribution in [1.29, 1.82) is 0 Å². The zero-order valence-corrected chi connectivity index (χ0v) is 36.7. The van der Waals surface area contributed by atoms with E-state index in [1.807, 2.05) is 49.4 Å². The van der Waals surface area contributed by atoms with E-state index in [1.165, 1.54) is 0 Å². The largest absolute Gasteiger partial charge is 3.00 e. The molecule has 1 aliphatic carbocycles. The first-order valence-electron chi connectivity index (χ1n) is 19.6. The van der Waals surface area contributed by atoms with Crippen LogP contribution < -0.4 is 20.6 Å². The summed E-state index contributed by atoms with van der Waals surface area (Å²) < 4.78 is 0. The normalized spacial score (nSPS) is 17.4. The Bertz CT molecular complexity index is 1660. The van der Waals surface area contributed by atoms with E-state index < -0.39 is 5.97 Å². The summed E-state index contributed by atoms with van der Waals surface area (Å²) in [5.74, 6) is -0.896. The minimum Gasteiger partial charge on any atom is -0.872 e. The summed E-state index contributed by atoms with van der Waals surface area (Å²) in [6.45, 7) is 28.1. The van der Waals surface area contributed by atoms with E-state index in [1.54, 1.807) is 12.4 Å². The van der Waals surface area contributed by atoms with Gasteiger partial charge in [0.05, 0.1) is 12.1 Å². The molecule has 1 aliphatic rings. The number of nitrogens with zero attached hydrogens (tertiary/aromatic N) is 2. The average Bonchev–Trinajstić information content (AvgIpc) is 3.05. The molecular formula is C47H66CoN3O4. The molecule has 0 saturated heterocycles. The van der Waals surface area contributed by atoms with Crippen LogP contribution in [-0.4, -0.2) is 36.5 Å². The van der Waals surface area contributed by atoms with E-state index in [0.29, 0.717) is 17.7 Å². The summed E-state index contributed by atoms with van der Waals surface area (Å²) in [5.41, 5.74) is 5.77. The Labute approximate surface area is 342 Å². The second-order valence-corrected chi connectivity index (χ2v) is 19.2. The van der Waals surface area contributed by atoms with Gasteiger partial charge in [-0.2, -0.15) is 0 Å². The number of aliphatic carboxylic acids is 1. The number of hydrogen-bond acceptors (Lipinski definition) is 7. The van der Waals surface area contributed by atoms with E-state index >= 15 is 0 Å². The van der Waals surface area contributed by atoms with Gasteiger partial charge < -0.3 is 25.4 Å². The van der Waals surface area contributed by atoms with E-state index in [4.69, 9.17) is 9.98 Å². The summed E-state index contributed by atoms with van der Waals surface area (Å²) in [4.78, 5) is 20.2. The first kappa shape index (κ1) is 47.7. The van der Waals surface area contributed by atoms with Crippen molar-refractivity contribution < 1.29 is 36.9 Å². The van der Waals surface area contributed by atoms with Gasteiger partial charge in [0, 0.05) is 37.4 Å². The molecule has 0 unspecified atom stereocenters. The Morgan fingerprint density at radius 3 is 1.45 bits per heavy atom. The molecule has 0 heterocycles. The fraction of sp³-hybridized carbons (Fsp3) is 0.553. The Kier molecular flexibility index (Phi) is 17.0. The van der Waals surface area contributed by atoms with Crippen molar-refractivity contribution >= 4 is 18.4 Å². The SMILES string of the molecule is CC(C)(C)c1cc(C=N[C@@H]2CCCC[C@H]2N=Cc2cc(C(C)(C)C)cc(C(C)(C)C)c2[O-])c([O-])c(C(C)(C)C)c1.C[C@@H](CC(=O)[O-])NCc1ccccc1.[Co+3]. The third-order valence-electron chi connectivity index (χ3n) is 10.1.